The van der Waals surface area contributed by atoms with E-state index in [1.807, 2.05) is 30.0 Å². The predicted octanol–water partition coefficient (Wildman–Crippen LogP) is 3.41. The molecule has 1 heterocycles. The average Bonchev–Trinajstić information content (AvgIpc) is 2.45. The number of carbonyl (C=O) groups excluding carboxylic acids is 1. The minimum Gasteiger partial charge on any atom is -0.367 e. The number of morpholine rings is 1. The largest absolute Gasteiger partial charge is 0.367 e. The van der Waals surface area contributed by atoms with E-state index in [-0.39, 0.29) is 18.1 Å². The minimum atomic E-state index is 0.00273. The summed E-state index contributed by atoms with van der Waals surface area (Å²) in [4.78, 5) is 14.3. The number of rotatable bonds is 4. The number of ether oxygens (including phenoxy) is 1. The molecule has 1 amide bonds. The molecule has 1 fully saturated rings. The van der Waals surface area contributed by atoms with Crippen LogP contribution in [0.5, 0.6) is 0 Å². The lowest BCUT2D eigenvalue weighted by molar-refractivity contribution is -0.145. The van der Waals surface area contributed by atoms with E-state index in [1.54, 1.807) is 0 Å². The van der Waals surface area contributed by atoms with Crippen LogP contribution in [0.2, 0.25) is 0 Å². The zero-order valence-electron chi connectivity index (χ0n) is 12.7. The summed E-state index contributed by atoms with van der Waals surface area (Å²) in [5.74, 6) is 0.831. The molecule has 1 aliphatic heterocycles. The molecule has 0 spiro atoms. The lowest BCUT2D eigenvalue weighted by Crippen LogP contribution is -2.45. The molecule has 0 radical (unpaired) electrons. The first-order valence-corrected chi connectivity index (χ1v) is 7.54. The Hall–Kier alpha value is -1.35. The van der Waals surface area contributed by atoms with Crippen molar-refractivity contribution in [2.45, 2.75) is 45.8 Å². The van der Waals surface area contributed by atoms with Crippen LogP contribution in [0.25, 0.3) is 0 Å². The third-order valence-corrected chi connectivity index (χ3v) is 3.72. The van der Waals surface area contributed by atoms with E-state index in [1.165, 1.54) is 0 Å². The summed E-state index contributed by atoms with van der Waals surface area (Å²) >= 11 is 0. The number of amides is 1. The van der Waals surface area contributed by atoms with Gasteiger partial charge in [0, 0.05) is 13.0 Å². The first-order chi connectivity index (χ1) is 9.56. The van der Waals surface area contributed by atoms with Crippen molar-refractivity contribution in [2.75, 3.05) is 13.1 Å². The van der Waals surface area contributed by atoms with Crippen molar-refractivity contribution in [3.63, 3.8) is 0 Å². The first-order valence-electron chi connectivity index (χ1n) is 7.54. The second-order valence-corrected chi connectivity index (χ2v) is 6.08. The van der Waals surface area contributed by atoms with E-state index in [9.17, 15) is 4.79 Å². The van der Waals surface area contributed by atoms with Crippen LogP contribution < -0.4 is 0 Å². The van der Waals surface area contributed by atoms with Gasteiger partial charge in [-0.05, 0) is 24.8 Å². The Morgan fingerprint density at radius 1 is 1.30 bits per heavy atom. The summed E-state index contributed by atoms with van der Waals surface area (Å²) in [5, 5.41) is 0. The third-order valence-electron chi connectivity index (χ3n) is 3.72. The molecule has 0 bridgehead atoms. The summed E-state index contributed by atoms with van der Waals surface area (Å²) in [6.07, 6.45) is 1.70. The Labute approximate surface area is 121 Å². The fourth-order valence-electron chi connectivity index (χ4n) is 2.58. The molecule has 1 saturated heterocycles. The van der Waals surface area contributed by atoms with Crippen molar-refractivity contribution in [1.29, 1.82) is 0 Å². The van der Waals surface area contributed by atoms with E-state index < -0.39 is 0 Å². The fraction of sp³-hybridized carbons (Fsp3) is 0.588. The molecule has 0 saturated carbocycles. The normalized spacial score (nSPS) is 23.1. The van der Waals surface area contributed by atoms with Gasteiger partial charge in [0.25, 0.3) is 0 Å². The molecule has 2 atom stereocenters. The molecule has 0 aromatic heterocycles. The monoisotopic (exact) mass is 275 g/mol. The second kappa shape index (κ2) is 6.89. The molecule has 1 aromatic rings. The number of hydrogen-bond donors (Lipinski definition) is 0. The Bertz CT molecular complexity index is 430. The van der Waals surface area contributed by atoms with Gasteiger partial charge in [0.1, 0.15) is 6.10 Å². The summed E-state index contributed by atoms with van der Waals surface area (Å²) in [7, 11) is 0. The number of hydrogen-bond acceptors (Lipinski definition) is 2. The van der Waals surface area contributed by atoms with Gasteiger partial charge in [-0.1, -0.05) is 44.2 Å². The highest BCUT2D eigenvalue weighted by atomic mass is 16.5. The highest BCUT2D eigenvalue weighted by molar-refractivity contribution is 5.76. The maximum absolute atomic E-state index is 12.3. The highest BCUT2D eigenvalue weighted by Gasteiger charge is 2.28. The number of benzene rings is 1. The summed E-state index contributed by atoms with van der Waals surface area (Å²) in [5.41, 5.74) is 1.15. The third kappa shape index (κ3) is 4.07. The molecule has 2 rings (SSSR count). The first kappa shape index (κ1) is 15.0. The summed E-state index contributed by atoms with van der Waals surface area (Å²) in [6.45, 7) is 7.73. The van der Waals surface area contributed by atoms with Crippen molar-refractivity contribution in [2.24, 2.45) is 5.92 Å². The Morgan fingerprint density at radius 3 is 2.65 bits per heavy atom. The van der Waals surface area contributed by atoms with Crippen LogP contribution >= 0.6 is 0 Å². The molecule has 3 heteroatoms. The van der Waals surface area contributed by atoms with Gasteiger partial charge in [-0.2, -0.15) is 0 Å². The average molecular weight is 275 g/mol. The lowest BCUT2D eigenvalue weighted by atomic mass is 10.0. The van der Waals surface area contributed by atoms with Crippen LogP contribution in [0.3, 0.4) is 0 Å². The molecular weight excluding hydrogens is 250 g/mol. The van der Waals surface area contributed by atoms with Crippen LogP contribution in [-0.4, -0.2) is 30.0 Å². The predicted molar refractivity (Wildman–Crippen MR) is 80.4 cm³/mol. The number of nitrogens with zero attached hydrogens (tertiary/aromatic N) is 1. The summed E-state index contributed by atoms with van der Waals surface area (Å²) < 4.78 is 5.98. The minimum absolute atomic E-state index is 0.00273. The molecule has 0 N–H and O–H groups in total. The maximum Gasteiger partial charge on any atom is 0.222 e. The van der Waals surface area contributed by atoms with Gasteiger partial charge < -0.3 is 9.64 Å². The van der Waals surface area contributed by atoms with E-state index in [4.69, 9.17) is 4.74 Å². The van der Waals surface area contributed by atoms with Crippen LogP contribution in [0.15, 0.2) is 30.3 Å². The van der Waals surface area contributed by atoms with Crippen molar-refractivity contribution in [1.82, 2.24) is 4.90 Å². The van der Waals surface area contributed by atoms with Crippen molar-refractivity contribution >= 4 is 5.91 Å². The van der Waals surface area contributed by atoms with Crippen molar-refractivity contribution < 1.29 is 9.53 Å². The standard InChI is InChI=1S/C17H25NO2/c1-13(2)9-10-17(19)18-11-14(3)20-16(12-18)15-7-5-4-6-8-15/h4-8,13-14,16H,9-12H2,1-3H3. The molecule has 110 valence electrons. The van der Waals surface area contributed by atoms with E-state index in [2.05, 4.69) is 26.0 Å². The van der Waals surface area contributed by atoms with Gasteiger partial charge in [0.2, 0.25) is 5.91 Å². The van der Waals surface area contributed by atoms with Crippen molar-refractivity contribution in [3.05, 3.63) is 35.9 Å². The van der Waals surface area contributed by atoms with E-state index in [0.717, 1.165) is 12.0 Å². The molecule has 1 aliphatic rings. The second-order valence-electron chi connectivity index (χ2n) is 6.08. The van der Waals surface area contributed by atoms with Crippen LogP contribution in [0.1, 0.15) is 45.3 Å². The topological polar surface area (TPSA) is 29.5 Å². The molecule has 1 aromatic carbocycles. The molecule has 0 aliphatic carbocycles. The zero-order valence-corrected chi connectivity index (χ0v) is 12.7. The van der Waals surface area contributed by atoms with Crippen LogP contribution in [0.4, 0.5) is 0 Å². The van der Waals surface area contributed by atoms with Gasteiger partial charge in [0.15, 0.2) is 0 Å². The maximum atomic E-state index is 12.3. The zero-order chi connectivity index (χ0) is 14.5. The van der Waals surface area contributed by atoms with Gasteiger partial charge in [-0.3, -0.25) is 4.79 Å². The Balaban J connectivity index is 1.99. The van der Waals surface area contributed by atoms with E-state index >= 15 is 0 Å². The SMILES string of the molecule is CC(C)CCC(=O)N1CC(C)OC(c2ccccc2)C1. The molecule has 2 unspecified atom stereocenters. The number of carbonyl (C=O) groups is 1. The van der Waals surface area contributed by atoms with Gasteiger partial charge in [0.05, 0.1) is 12.6 Å². The van der Waals surface area contributed by atoms with E-state index in [0.29, 0.717) is 25.4 Å². The van der Waals surface area contributed by atoms with Gasteiger partial charge in [-0.25, -0.2) is 0 Å². The van der Waals surface area contributed by atoms with Crippen LogP contribution in [-0.2, 0) is 9.53 Å². The van der Waals surface area contributed by atoms with Gasteiger partial charge >= 0.3 is 0 Å². The Kier molecular flexibility index (Phi) is 5.18. The Morgan fingerprint density at radius 2 is 2.00 bits per heavy atom. The fourth-order valence-corrected chi connectivity index (χ4v) is 2.58. The molecule has 20 heavy (non-hydrogen) atoms. The summed E-state index contributed by atoms with van der Waals surface area (Å²) in [6, 6.07) is 10.2. The van der Waals surface area contributed by atoms with Crippen molar-refractivity contribution in [3.8, 4) is 0 Å². The lowest BCUT2D eigenvalue weighted by Gasteiger charge is -2.37. The quantitative estimate of drug-likeness (QED) is 0.842. The smallest absolute Gasteiger partial charge is 0.222 e. The van der Waals surface area contributed by atoms with Crippen LogP contribution in [0, 0.1) is 5.92 Å². The van der Waals surface area contributed by atoms with Gasteiger partial charge in [-0.15, -0.1) is 0 Å². The highest BCUT2D eigenvalue weighted by Crippen LogP contribution is 2.25. The molecular formula is C17H25NO2. The molecule has 3 nitrogen and oxygen atoms in total.